The van der Waals surface area contributed by atoms with E-state index in [2.05, 4.69) is 93.0 Å². The van der Waals surface area contributed by atoms with Crippen LogP contribution < -0.4 is 10.6 Å². The lowest BCUT2D eigenvalue weighted by molar-refractivity contribution is 0.145. The molecule has 0 aliphatic heterocycles. The van der Waals surface area contributed by atoms with Crippen LogP contribution >= 0.6 is 24.0 Å². The van der Waals surface area contributed by atoms with Gasteiger partial charge >= 0.3 is 0 Å². The predicted molar refractivity (Wildman–Crippen MR) is 149 cm³/mol. The van der Waals surface area contributed by atoms with E-state index in [0.29, 0.717) is 6.54 Å². The second-order valence-corrected chi connectivity index (χ2v) is 7.76. The summed E-state index contributed by atoms with van der Waals surface area (Å²) in [4.78, 5) is 4.97. The summed E-state index contributed by atoms with van der Waals surface area (Å²) >= 11 is 0. The monoisotopic (exact) mass is 576 g/mol. The molecule has 3 rings (SSSR count). The molecule has 0 bridgehead atoms. The number of ether oxygens (including phenoxy) is 1. The molecule has 7 nitrogen and oxygen atoms in total. The van der Waals surface area contributed by atoms with Crippen LogP contribution in [0, 0.1) is 0 Å². The van der Waals surface area contributed by atoms with Gasteiger partial charge in [0.25, 0.3) is 0 Å². The summed E-state index contributed by atoms with van der Waals surface area (Å²) in [5.74, 6) is 2.00. The lowest BCUT2D eigenvalue weighted by Gasteiger charge is -2.18. The van der Waals surface area contributed by atoms with Crippen LogP contribution in [0.15, 0.2) is 72.0 Å². The van der Waals surface area contributed by atoms with Gasteiger partial charge in [0.05, 0.1) is 6.54 Å². The number of benzene rings is 2. The van der Waals surface area contributed by atoms with E-state index in [1.165, 1.54) is 11.1 Å². The molecule has 0 spiro atoms. The molecule has 0 unspecified atom stereocenters. The Kier molecular flexibility index (Phi) is 13.2. The van der Waals surface area contributed by atoms with Gasteiger partial charge in [0.2, 0.25) is 0 Å². The molecule has 0 radical (unpaired) electrons. The number of guanidine groups is 1. The molecule has 184 valence electrons. The number of hydrogen-bond acceptors (Lipinski definition) is 4. The molecule has 34 heavy (non-hydrogen) atoms. The fourth-order valence-corrected chi connectivity index (χ4v) is 3.69. The Morgan fingerprint density at radius 1 is 0.971 bits per heavy atom. The summed E-state index contributed by atoms with van der Waals surface area (Å²) in [6, 6.07) is 21.2. The average Bonchev–Trinajstić information content (AvgIpc) is 3.32. The highest BCUT2D eigenvalue weighted by Crippen LogP contribution is 2.24. The molecule has 0 saturated heterocycles. The predicted octanol–water partition coefficient (Wildman–Crippen LogP) is 4.25. The van der Waals surface area contributed by atoms with Gasteiger partial charge in [-0.25, -0.2) is 0 Å². The minimum absolute atomic E-state index is 0. The van der Waals surface area contributed by atoms with Crippen LogP contribution in [0.4, 0.5) is 0 Å². The molecule has 1 aromatic heterocycles. The molecule has 0 saturated carbocycles. The maximum absolute atomic E-state index is 5.47. The number of nitrogens with one attached hydrogen (secondary N) is 2. The standard InChI is InChI=1S/C26H36N6O.HI/c1-3-25-31-30-21-32(25)18-17-28-26(27-16-11-19-33-4-2)29-20-24(22-12-7-5-8-13-22)23-14-9-6-10-15-23;/h5-10,12-15,21,24H,3-4,11,16-20H2,1-2H3,(H2,27,28,29);1H. The highest BCUT2D eigenvalue weighted by Gasteiger charge is 2.14. The highest BCUT2D eigenvalue weighted by molar-refractivity contribution is 14.0. The van der Waals surface area contributed by atoms with Crippen molar-refractivity contribution < 1.29 is 4.74 Å². The molecule has 0 aliphatic rings. The average molecular weight is 577 g/mol. The van der Waals surface area contributed by atoms with E-state index < -0.39 is 0 Å². The summed E-state index contributed by atoms with van der Waals surface area (Å²) in [6.45, 7) is 8.59. The first kappa shape index (κ1) is 27.8. The smallest absolute Gasteiger partial charge is 0.191 e. The van der Waals surface area contributed by atoms with E-state index in [1.54, 1.807) is 6.33 Å². The Morgan fingerprint density at radius 2 is 1.62 bits per heavy atom. The van der Waals surface area contributed by atoms with Crippen molar-refractivity contribution in [3.63, 3.8) is 0 Å². The Bertz CT molecular complexity index is 909. The number of rotatable bonds is 13. The molecule has 2 N–H and O–H groups in total. The topological polar surface area (TPSA) is 76.4 Å². The summed E-state index contributed by atoms with van der Waals surface area (Å²) in [5.41, 5.74) is 2.53. The van der Waals surface area contributed by atoms with Crippen LogP contribution in [0.2, 0.25) is 0 Å². The van der Waals surface area contributed by atoms with Crippen LogP contribution in [-0.4, -0.2) is 53.6 Å². The minimum Gasteiger partial charge on any atom is -0.382 e. The van der Waals surface area contributed by atoms with Gasteiger partial charge in [0.15, 0.2) is 5.96 Å². The Labute approximate surface area is 220 Å². The third kappa shape index (κ3) is 9.06. The van der Waals surface area contributed by atoms with Gasteiger partial charge in [-0.15, -0.1) is 34.2 Å². The second kappa shape index (κ2) is 16.2. The number of halogens is 1. The van der Waals surface area contributed by atoms with E-state index in [0.717, 1.165) is 57.5 Å². The summed E-state index contributed by atoms with van der Waals surface area (Å²) in [5, 5.41) is 15.1. The molecule has 2 aromatic carbocycles. The van der Waals surface area contributed by atoms with Crippen LogP contribution in [0.3, 0.4) is 0 Å². The van der Waals surface area contributed by atoms with E-state index in [4.69, 9.17) is 9.73 Å². The van der Waals surface area contributed by atoms with Gasteiger partial charge < -0.3 is 19.9 Å². The second-order valence-electron chi connectivity index (χ2n) is 7.76. The lowest BCUT2D eigenvalue weighted by atomic mass is 9.91. The molecular weight excluding hydrogens is 539 g/mol. The van der Waals surface area contributed by atoms with E-state index >= 15 is 0 Å². The normalized spacial score (nSPS) is 11.3. The maximum atomic E-state index is 5.47. The summed E-state index contributed by atoms with van der Waals surface area (Å²) in [6.07, 6.45) is 3.58. The fraction of sp³-hybridized carbons (Fsp3) is 0.423. The molecule has 0 amide bonds. The third-order valence-electron chi connectivity index (χ3n) is 5.45. The Hall–Kier alpha value is -2.46. The lowest BCUT2D eigenvalue weighted by Crippen LogP contribution is -2.40. The number of aliphatic imine (C=N–C) groups is 1. The quantitative estimate of drug-likeness (QED) is 0.138. The van der Waals surface area contributed by atoms with Gasteiger partial charge in [-0.3, -0.25) is 4.99 Å². The zero-order valence-electron chi connectivity index (χ0n) is 20.2. The fourth-order valence-electron chi connectivity index (χ4n) is 3.69. The summed E-state index contributed by atoms with van der Waals surface area (Å²) in [7, 11) is 0. The first-order valence-electron chi connectivity index (χ1n) is 11.9. The van der Waals surface area contributed by atoms with Crippen molar-refractivity contribution in [3.8, 4) is 0 Å². The SMILES string of the molecule is CCOCCCNC(=NCC(c1ccccc1)c1ccccc1)NCCn1cnnc1CC.I. The zero-order valence-corrected chi connectivity index (χ0v) is 22.5. The highest BCUT2D eigenvalue weighted by atomic mass is 127. The number of hydrogen-bond donors (Lipinski definition) is 2. The van der Waals surface area contributed by atoms with E-state index in [1.807, 2.05) is 6.92 Å². The van der Waals surface area contributed by atoms with Crippen LogP contribution in [0.1, 0.15) is 43.1 Å². The van der Waals surface area contributed by atoms with Crippen molar-refractivity contribution in [1.29, 1.82) is 0 Å². The van der Waals surface area contributed by atoms with Crippen molar-refractivity contribution in [2.24, 2.45) is 4.99 Å². The number of nitrogens with zero attached hydrogens (tertiary/aromatic N) is 4. The molecule has 0 aliphatic carbocycles. The number of aryl methyl sites for hydroxylation is 1. The minimum atomic E-state index is 0. The molecular formula is C26H37IN6O. The van der Waals surface area contributed by atoms with Gasteiger partial charge in [0, 0.05) is 45.2 Å². The number of aromatic nitrogens is 3. The van der Waals surface area contributed by atoms with Gasteiger partial charge in [-0.05, 0) is 24.5 Å². The largest absolute Gasteiger partial charge is 0.382 e. The third-order valence-corrected chi connectivity index (χ3v) is 5.45. The van der Waals surface area contributed by atoms with Gasteiger partial charge in [-0.2, -0.15) is 0 Å². The zero-order chi connectivity index (χ0) is 23.1. The van der Waals surface area contributed by atoms with Gasteiger partial charge in [-0.1, -0.05) is 67.6 Å². The van der Waals surface area contributed by atoms with E-state index in [-0.39, 0.29) is 29.9 Å². The maximum Gasteiger partial charge on any atom is 0.191 e. The first-order valence-corrected chi connectivity index (χ1v) is 11.9. The first-order chi connectivity index (χ1) is 16.3. The molecule has 8 heteroatoms. The molecule has 3 aromatic rings. The van der Waals surface area contributed by atoms with E-state index in [9.17, 15) is 0 Å². The van der Waals surface area contributed by atoms with Crippen molar-refractivity contribution in [1.82, 2.24) is 25.4 Å². The van der Waals surface area contributed by atoms with Crippen LogP contribution in [0.25, 0.3) is 0 Å². The summed E-state index contributed by atoms with van der Waals surface area (Å²) < 4.78 is 7.55. The molecule has 1 heterocycles. The Balaban J connectivity index is 0.00000408. The van der Waals surface area contributed by atoms with Crippen molar-refractivity contribution in [2.75, 3.05) is 32.8 Å². The molecule has 0 atom stereocenters. The van der Waals surface area contributed by atoms with Crippen molar-refractivity contribution in [2.45, 2.75) is 39.2 Å². The van der Waals surface area contributed by atoms with Crippen molar-refractivity contribution >= 4 is 29.9 Å². The van der Waals surface area contributed by atoms with Gasteiger partial charge in [0.1, 0.15) is 12.2 Å². The molecule has 0 fully saturated rings. The van der Waals surface area contributed by atoms with Crippen molar-refractivity contribution in [3.05, 3.63) is 83.9 Å². The Morgan fingerprint density at radius 3 is 2.24 bits per heavy atom. The van der Waals surface area contributed by atoms with Crippen LogP contribution in [0.5, 0.6) is 0 Å². The van der Waals surface area contributed by atoms with Crippen LogP contribution in [-0.2, 0) is 17.7 Å².